The molecule has 0 bridgehead atoms. The van der Waals surface area contributed by atoms with Crippen LogP contribution in [0.4, 0.5) is 5.69 Å². The fraction of sp³-hybridized carbons (Fsp3) is 0.188. The molecule has 0 saturated carbocycles. The number of nitro groups is 1. The fourth-order valence-electron chi connectivity index (χ4n) is 2.04. The summed E-state index contributed by atoms with van der Waals surface area (Å²) >= 11 is 0. The third-order valence-corrected chi connectivity index (χ3v) is 3.09. The van der Waals surface area contributed by atoms with E-state index in [1.807, 2.05) is 13.0 Å². The van der Waals surface area contributed by atoms with Crippen LogP contribution in [-0.2, 0) is 11.2 Å². The van der Waals surface area contributed by atoms with Crippen molar-refractivity contribution in [3.63, 3.8) is 0 Å². The van der Waals surface area contributed by atoms with Gasteiger partial charge in [0.1, 0.15) is 5.75 Å². The third kappa shape index (κ3) is 4.05. The van der Waals surface area contributed by atoms with Gasteiger partial charge in [-0.3, -0.25) is 10.1 Å². The smallest absolute Gasteiger partial charge is 0.345 e. The maximum atomic E-state index is 11.4. The second kappa shape index (κ2) is 6.71. The molecule has 0 aliphatic heterocycles. The molecular formula is C16H15NO5. The van der Waals surface area contributed by atoms with E-state index in [1.54, 1.807) is 24.3 Å². The van der Waals surface area contributed by atoms with Crippen LogP contribution >= 0.6 is 0 Å². The summed E-state index contributed by atoms with van der Waals surface area (Å²) in [6, 6.07) is 13.0. The number of hydrogen-bond donors (Lipinski definition) is 1. The van der Waals surface area contributed by atoms with Crippen LogP contribution < -0.4 is 4.74 Å². The van der Waals surface area contributed by atoms with Crippen LogP contribution in [0.5, 0.6) is 5.75 Å². The van der Waals surface area contributed by atoms with Crippen LogP contribution in [-0.4, -0.2) is 22.1 Å². The number of ether oxygens (including phenoxy) is 1. The van der Waals surface area contributed by atoms with E-state index in [4.69, 9.17) is 4.74 Å². The number of carboxylic acid groups (broad SMARTS) is 1. The Hall–Kier alpha value is -2.89. The van der Waals surface area contributed by atoms with E-state index >= 15 is 0 Å². The summed E-state index contributed by atoms with van der Waals surface area (Å²) in [4.78, 5) is 21.6. The number of aliphatic carboxylic acids is 1. The predicted molar refractivity (Wildman–Crippen MR) is 80.0 cm³/mol. The van der Waals surface area contributed by atoms with Crippen molar-refractivity contribution in [2.24, 2.45) is 0 Å². The zero-order valence-corrected chi connectivity index (χ0v) is 11.9. The summed E-state index contributed by atoms with van der Waals surface area (Å²) < 4.78 is 5.49. The summed E-state index contributed by atoms with van der Waals surface area (Å²) in [6.07, 6.45) is -1.06. The molecule has 0 amide bonds. The third-order valence-electron chi connectivity index (χ3n) is 3.09. The highest BCUT2D eigenvalue weighted by Gasteiger charge is 2.21. The van der Waals surface area contributed by atoms with Crippen molar-refractivity contribution >= 4 is 11.7 Å². The van der Waals surface area contributed by atoms with Gasteiger partial charge >= 0.3 is 5.97 Å². The van der Waals surface area contributed by atoms with Crippen molar-refractivity contribution in [2.45, 2.75) is 19.4 Å². The Morgan fingerprint density at radius 1 is 1.27 bits per heavy atom. The number of hydrogen-bond acceptors (Lipinski definition) is 4. The molecule has 0 aliphatic carbocycles. The Morgan fingerprint density at radius 2 is 2.00 bits per heavy atom. The zero-order valence-electron chi connectivity index (χ0n) is 11.9. The summed E-state index contributed by atoms with van der Waals surface area (Å²) in [5.74, 6) is -0.661. The van der Waals surface area contributed by atoms with E-state index in [9.17, 15) is 20.0 Å². The van der Waals surface area contributed by atoms with Crippen LogP contribution in [0.2, 0.25) is 0 Å². The lowest BCUT2D eigenvalue weighted by atomic mass is 10.1. The molecule has 2 aromatic carbocycles. The highest BCUT2D eigenvalue weighted by Crippen LogP contribution is 2.19. The number of non-ortho nitro benzene ring substituents is 1. The Morgan fingerprint density at radius 3 is 2.64 bits per heavy atom. The number of rotatable bonds is 6. The minimum Gasteiger partial charge on any atom is -0.478 e. The molecule has 0 fully saturated rings. The second-order valence-electron chi connectivity index (χ2n) is 4.89. The highest BCUT2D eigenvalue weighted by molar-refractivity contribution is 5.73. The second-order valence-corrected chi connectivity index (χ2v) is 4.89. The van der Waals surface area contributed by atoms with Crippen molar-refractivity contribution in [2.75, 3.05) is 0 Å². The molecule has 6 heteroatoms. The Bertz CT molecular complexity index is 698. The first-order chi connectivity index (χ1) is 10.5. The van der Waals surface area contributed by atoms with Gasteiger partial charge in [0, 0.05) is 18.6 Å². The predicted octanol–water partition coefficient (Wildman–Crippen LogP) is 2.98. The molecule has 0 radical (unpaired) electrons. The van der Waals surface area contributed by atoms with Gasteiger partial charge in [0.15, 0.2) is 6.10 Å². The molecule has 1 atom stereocenters. The van der Waals surface area contributed by atoms with Gasteiger partial charge in [0.2, 0.25) is 0 Å². The topological polar surface area (TPSA) is 89.7 Å². The van der Waals surface area contributed by atoms with Crippen molar-refractivity contribution in [3.8, 4) is 5.75 Å². The molecule has 0 saturated heterocycles. The number of aryl methyl sites for hydroxylation is 1. The number of benzene rings is 2. The highest BCUT2D eigenvalue weighted by atomic mass is 16.6. The summed E-state index contributed by atoms with van der Waals surface area (Å²) in [5, 5.41) is 20.0. The van der Waals surface area contributed by atoms with Crippen molar-refractivity contribution in [1.29, 1.82) is 0 Å². The van der Waals surface area contributed by atoms with Gasteiger partial charge in [-0.05, 0) is 30.2 Å². The molecular weight excluding hydrogens is 286 g/mol. The Balaban J connectivity index is 2.17. The molecule has 0 heterocycles. The van der Waals surface area contributed by atoms with E-state index in [0.717, 1.165) is 5.56 Å². The zero-order chi connectivity index (χ0) is 16.1. The van der Waals surface area contributed by atoms with Gasteiger partial charge in [-0.1, -0.05) is 24.3 Å². The molecule has 2 rings (SSSR count). The lowest BCUT2D eigenvalue weighted by molar-refractivity contribution is -0.384. The van der Waals surface area contributed by atoms with Crippen LogP contribution in [0.3, 0.4) is 0 Å². The fourth-order valence-corrected chi connectivity index (χ4v) is 2.04. The van der Waals surface area contributed by atoms with Crippen molar-refractivity contribution in [3.05, 3.63) is 69.8 Å². The van der Waals surface area contributed by atoms with E-state index in [2.05, 4.69) is 0 Å². The number of carbonyl (C=O) groups is 1. The number of carboxylic acids is 1. The minimum atomic E-state index is -1.12. The molecule has 1 N–H and O–H groups in total. The Kier molecular flexibility index (Phi) is 4.73. The molecule has 114 valence electrons. The lowest BCUT2D eigenvalue weighted by Crippen LogP contribution is -2.29. The van der Waals surface area contributed by atoms with Crippen LogP contribution in [0.25, 0.3) is 0 Å². The van der Waals surface area contributed by atoms with Crippen LogP contribution in [0.1, 0.15) is 11.1 Å². The first-order valence-electron chi connectivity index (χ1n) is 6.65. The standard InChI is InChI=1S/C16H15NO5/c1-11-4-2-7-14(8-11)22-15(16(18)19)10-12-5-3-6-13(9-12)17(20)21/h2-9,15H,10H2,1H3,(H,18,19)/t15-/m0/s1. The molecule has 0 spiro atoms. The quantitative estimate of drug-likeness (QED) is 0.654. The molecule has 22 heavy (non-hydrogen) atoms. The maximum Gasteiger partial charge on any atom is 0.345 e. The van der Waals surface area contributed by atoms with E-state index in [-0.39, 0.29) is 12.1 Å². The van der Waals surface area contributed by atoms with Gasteiger partial charge in [0.05, 0.1) is 4.92 Å². The van der Waals surface area contributed by atoms with Gasteiger partial charge in [-0.15, -0.1) is 0 Å². The molecule has 0 aromatic heterocycles. The van der Waals surface area contributed by atoms with E-state index < -0.39 is 17.0 Å². The largest absolute Gasteiger partial charge is 0.478 e. The molecule has 6 nitrogen and oxygen atoms in total. The molecule has 0 aliphatic rings. The summed E-state index contributed by atoms with van der Waals surface area (Å²) in [5.41, 5.74) is 1.42. The normalized spacial score (nSPS) is 11.7. The van der Waals surface area contributed by atoms with E-state index in [1.165, 1.54) is 18.2 Å². The maximum absolute atomic E-state index is 11.4. The monoisotopic (exact) mass is 301 g/mol. The minimum absolute atomic E-state index is 0.0466. The van der Waals surface area contributed by atoms with Gasteiger partial charge in [-0.2, -0.15) is 0 Å². The number of nitrogens with zero attached hydrogens (tertiary/aromatic N) is 1. The SMILES string of the molecule is Cc1cccc(O[C@@H](Cc2cccc([N+](=O)[O-])c2)C(=O)O)c1. The van der Waals surface area contributed by atoms with Gasteiger partial charge < -0.3 is 9.84 Å². The number of nitro benzene ring substituents is 1. The molecule has 2 aromatic rings. The summed E-state index contributed by atoms with van der Waals surface area (Å²) in [6.45, 7) is 1.88. The Labute approximate surface area is 127 Å². The first-order valence-corrected chi connectivity index (χ1v) is 6.65. The van der Waals surface area contributed by atoms with Crippen LogP contribution in [0.15, 0.2) is 48.5 Å². The van der Waals surface area contributed by atoms with Crippen molar-refractivity contribution in [1.82, 2.24) is 0 Å². The average Bonchev–Trinajstić information content (AvgIpc) is 2.47. The lowest BCUT2D eigenvalue weighted by Gasteiger charge is -2.15. The van der Waals surface area contributed by atoms with Crippen molar-refractivity contribution < 1.29 is 19.6 Å². The average molecular weight is 301 g/mol. The van der Waals surface area contributed by atoms with Gasteiger partial charge in [-0.25, -0.2) is 4.79 Å². The first kappa shape index (κ1) is 15.5. The molecule has 0 unspecified atom stereocenters. The summed E-state index contributed by atoms with van der Waals surface area (Å²) in [7, 11) is 0. The van der Waals surface area contributed by atoms with E-state index in [0.29, 0.717) is 11.3 Å². The van der Waals surface area contributed by atoms with Gasteiger partial charge in [0.25, 0.3) is 5.69 Å². The van der Waals surface area contributed by atoms with Crippen LogP contribution in [0, 0.1) is 17.0 Å².